The van der Waals surface area contributed by atoms with Gasteiger partial charge in [-0.15, -0.1) is 0 Å². The van der Waals surface area contributed by atoms with Crippen molar-refractivity contribution in [1.82, 2.24) is 20.1 Å². The Bertz CT molecular complexity index is 1140. The van der Waals surface area contributed by atoms with Crippen LogP contribution in [0, 0.1) is 17.6 Å². The molecule has 1 unspecified atom stereocenters. The zero-order valence-electron chi connectivity index (χ0n) is 19.8. The minimum Gasteiger partial charge on any atom is -0.493 e. The molecule has 1 heterocycles. The molecule has 2 aromatic carbocycles. The average molecular weight is 469 g/mol. The van der Waals surface area contributed by atoms with E-state index in [0.29, 0.717) is 35.3 Å². The van der Waals surface area contributed by atoms with Crippen molar-refractivity contribution in [1.29, 1.82) is 0 Å². The number of hydrogen-bond acceptors (Lipinski definition) is 5. The largest absolute Gasteiger partial charge is 0.493 e. The average Bonchev–Trinajstić information content (AvgIpc) is 3.16. The first-order valence-corrected chi connectivity index (χ1v) is 11.5. The van der Waals surface area contributed by atoms with Crippen molar-refractivity contribution in [3.63, 3.8) is 0 Å². The van der Waals surface area contributed by atoms with Crippen LogP contribution in [0.25, 0.3) is 11.4 Å². The van der Waals surface area contributed by atoms with E-state index in [0.717, 1.165) is 17.0 Å². The van der Waals surface area contributed by atoms with Crippen LogP contribution in [-0.2, 0) is 11.3 Å². The molecular formula is C25H32N4O3S. The van der Waals surface area contributed by atoms with Gasteiger partial charge in [0, 0.05) is 18.5 Å². The Balaban J connectivity index is 1.63. The molecule has 2 N–H and O–H groups in total. The molecule has 3 rings (SSSR count). The number of aryl methyl sites for hydroxylation is 1. The quantitative estimate of drug-likeness (QED) is 0.398. The van der Waals surface area contributed by atoms with Gasteiger partial charge in [-0.3, -0.25) is 14.5 Å². The second-order valence-corrected chi connectivity index (χ2v) is 8.91. The van der Waals surface area contributed by atoms with Gasteiger partial charge in [-0.25, -0.2) is 0 Å². The Kier molecular flexibility index (Phi) is 8.27. The van der Waals surface area contributed by atoms with Crippen LogP contribution < -0.4 is 14.8 Å². The normalized spacial score (nSPS) is 11.9. The molecule has 0 radical (unpaired) electrons. The number of methoxy groups -OCH3 is 1. The number of amides is 1. The lowest BCUT2D eigenvalue weighted by Gasteiger charge is -2.18. The first-order valence-electron chi connectivity index (χ1n) is 11.1. The highest BCUT2D eigenvalue weighted by molar-refractivity contribution is 7.71. The summed E-state index contributed by atoms with van der Waals surface area (Å²) in [6, 6.07) is 13.6. The van der Waals surface area contributed by atoms with Crippen LogP contribution in [0.15, 0.2) is 42.5 Å². The molecule has 0 fully saturated rings. The number of carbonyl (C=O) groups excluding carboxylic acids is 1. The summed E-state index contributed by atoms with van der Waals surface area (Å²) in [5, 5.41) is 10.2. The topological polar surface area (TPSA) is 81.2 Å². The van der Waals surface area contributed by atoms with Gasteiger partial charge in [-0.1, -0.05) is 49.7 Å². The van der Waals surface area contributed by atoms with Crippen LogP contribution in [0.4, 0.5) is 0 Å². The molecule has 1 amide bonds. The molecule has 0 aliphatic heterocycles. The van der Waals surface area contributed by atoms with Crippen LogP contribution in [0.2, 0.25) is 0 Å². The maximum Gasteiger partial charge on any atom is 0.222 e. The maximum absolute atomic E-state index is 12.7. The number of aromatic nitrogens is 3. The second kappa shape index (κ2) is 11.1. The molecule has 8 heteroatoms. The van der Waals surface area contributed by atoms with Crippen LogP contribution in [0.3, 0.4) is 0 Å². The Morgan fingerprint density at radius 1 is 1.15 bits per heavy atom. The summed E-state index contributed by atoms with van der Waals surface area (Å²) in [5.41, 5.74) is 3.06. The van der Waals surface area contributed by atoms with Crippen molar-refractivity contribution >= 4 is 18.1 Å². The Morgan fingerprint density at radius 3 is 2.55 bits per heavy atom. The number of H-pyrrole nitrogens is 1. The number of hydrogen-bond donors (Lipinski definition) is 2. The molecular weight excluding hydrogens is 436 g/mol. The molecule has 1 atom stereocenters. The van der Waals surface area contributed by atoms with Gasteiger partial charge in [-0.05, 0) is 49.7 Å². The van der Waals surface area contributed by atoms with E-state index >= 15 is 0 Å². The first-order chi connectivity index (χ1) is 15.8. The number of nitrogens with one attached hydrogen (secondary N) is 2. The van der Waals surface area contributed by atoms with Crippen molar-refractivity contribution in [3.8, 4) is 22.9 Å². The fraction of sp³-hybridized carbons (Fsp3) is 0.400. The summed E-state index contributed by atoms with van der Waals surface area (Å²) < 4.78 is 13.6. The SMILES string of the molecule is COc1cc(C(C)NC(=O)CCn2c(-c3ccc(C)cc3)n[nH]c2=S)ccc1OCC(C)C. The Morgan fingerprint density at radius 2 is 1.88 bits per heavy atom. The fourth-order valence-electron chi connectivity index (χ4n) is 3.39. The van der Waals surface area contributed by atoms with E-state index in [2.05, 4.69) is 29.4 Å². The van der Waals surface area contributed by atoms with Crippen LogP contribution in [0.5, 0.6) is 11.5 Å². The third-order valence-electron chi connectivity index (χ3n) is 5.27. The van der Waals surface area contributed by atoms with Gasteiger partial charge in [0.15, 0.2) is 22.1 Å². The smallest absolute Gasteiger partial charge is 0.222 e. The predicted molar refractivity (Wildman–Crippen MR) is 132 cm³/mol. The lowest BCUT2D eigenvalue weighted by Crippen LogP contribution is -2.27. The molecule has 0 aliphatic carbocycles. The van der Waals surface area contributed by atoms with E-state index in [1.807, 2.05) is 60.9 Å². The highest BCUT2D eigenvalue weighted by Gasteiger charge is 2.15. The van der Waals surface area contributed by atoms with Gasteiger partial charge in [0.2, 0.25) is 5.91 Å². The van der Waals surface area contributed by atoms with E-state index in [-0.39, 0.29) is 18.4 Å². The van der Waals surface area contributed by atoms with Gasteiger partial charge >= 0.3 is 0 Å². The predicted octanol–water partition coefficient (Wildman–Crippen LogP) is 5.23. The highest BCUT2D eigenvalue weighted by Crippen LogP contribution is 2.30. The zero-order chi connectivity index (χ0) is 24.0. The van der Waals surface area contributed by atoms with E-state index in [9.17, 15) is 4.79 Å². The van der Waals surface area contributed by atoms with Crippen molar-refractivity contribution in [2.45, 2.75) is 46.7 Å². The Labute approximate surface area is 200 Å². The minimum absolute atomic E-state index is 0.0699. The Hall–Kier alpha value is -3.13. The van der Waals surface area contributed by atoms with Crippen molar-refractivity contribution in [3.05, 3.63) is 58.4 Å². The number of ether oxygens (including phenoxy) is 2. The highest BCUT2D eigenvalue weighted by atomic mass is 32.1. The molecule has 0 bridgehead atoms. The third kappa shape index (κ3) is 6.44. The van der Waals surface area contributed by atoms with Crippen LogP contribution in [-0.4, -0.2) is 34.4 Å². The molecule has 1 aromatic heterocycles. The molecule has 3 aromatic rings. The summed E-state index contributed by atoms with van der Waals surface area (Å²) in [6.07, 6.45) is 0.282. The maximum atomic E-state index is 12.7. The number of aromatic amines is 1. The van der Waals surface area contributed by atoms with Crippen LogP contribution >= 0.6 is 12.2 Å². The number of benzene rings is 2. The van der Waals surface area contributed by atoms with E-state index in [1.54, 1.807) is 7.11 Å². The fourth-order valence-corrected chi connectivity index (χ4v) is 3.61. The van der Waals surface area contributed by atoms with Gasteiger partial charge in [0.25, 0.3) is 0 Å². The molecule has 0 spiro atoms. The number of rotatable bonds is 10. The minimum atomic E-state index is -0.181. The second-order valence-electron chi connectivity index (χ2n) is 8.52. The third-order valence-corrected chi connectivity index (χ3v) is 5.58. The zero-order valence-corrected chi connectivity index (χ0v) is 20.7. The molecule has 0 saturated heterocycles. The lowest BCUT2D eigenvalue weighted by molar-refractivity contribution is -0.121. The number of nitrogens with zero attached hydrogens (tertiary/aromatic N) is 2. The summed E-state index contributed by atoms with van der Waals surface area (Å²) in [5.74, 6) is 2.43. The summed E-state index contributed by atoms with van der Waals surface area (Å²) in [7, 11) is 1.62. The monoisotopic (exact) mass is 468 g/mol. The summed E-state index contributed by atoms with van der Waals surface area (Å²) in [4.78, 5) is 12.7. The van der Waals surface area contributed by atoms with Crippen molar-refractivity contribution < 1.29 is 14.3 Å². The molecule has 0 saturated carbocycles. The first kappa shape index (κ1) is 24.5. The molecule has 33 heavy (non-hydrogen) atoms. The van der Waals surface area contributed by atoms with Gasteiger partial charge in [-0.2, -0.15) is 5.10 Å². The van der Waals surface area contributed by atoms with E-state index in [1.165, 1.54) is 5.56 Å². The standard InChI is InChI=1S/C25H32N4O3S/c1-16(2)15-32-21-11-10-20(14-22(21)31-5)18(4)26-23(30)12-13-29-24(27-28-25(29)33)19-8-6-17(3)7-9-19/h6-11,14,16,18H,12-13,15H2,1-5H3,(H,26,30)(H,28,33). The van der Waals surface area contributed by atoms with Gasteiger partial charge < -0.3 is 14.8 Å². The van der Waals surface area contributed by atoms with Crippen molar-refractivity contribution in [2.24, 2.45) is 5.92 Å². The van der Waals surface area contributed by atoms with Crippen LogP contribution in [0.1, 0.15) is 44.4 Å². The van der Waals surface area contributed by atoms with E-state index < -0.39 is 0 Å². The van der Waals surface area contributed by atoms with Crippen molar-refractivity contribution in [2.75, 3.05) is 13.7 Å². The summed E-state index contributed by atoms with van der Waals surface area (Å²) in [6.45, 7) is 9.22. The molecule has 176 valence electrons. The lowest BCUT2D eigenvalue weighted by atomic mass is 10.1. The van der Waals surface area contributed by atoms with E-state index in [4.69, 9.17) is 21.7 Å². The molecule has 0 aliphatic rings. The summed E-state index contributed by atoms with van der Waals surface area (Å²) >= 11 is 5.38. The van der Waals surface area contributed by atoms with Gasteiger partial charge in [0.1, 0.15) is 0 Å². The van der Waals surface area contributed by atoms with Gasteiger partial charge in [0.05, 0.1) is 19.8 Å². The molecule has 7 nitrogen and oxygen atoms in total. The number of carbonyl (C=O) groups is 1.